The van der Waals surface area contributed by atoms with E-state index < -0.39 is 0 Å². The molecule has 4 aromatic rings. The lowest BCUT2D eigenvalue weighted by molar-refractivity contribution is -0.123. The number of nitrogens with zero attached hydrogens (tertiary/aromatic N) is 1. The largest absolute Gasteiger partial charge is 0.492 e. The van der Waals surface area contributed by atoms with E-state index in [9.17, 15) is 9.59 Å². The Morgan fingerprint density at radius 3 is 2.57 bits per heavy atom. The first kappa shape index (κ1) is 24.9. The van der Waals surface area contributed by atoms with Gasteiger partial charge in [-0.25, -0.2) is 0 Å². The monoisotopic (exact) mass is 529 g/mol. The van der Waals surface area contributed by atoms with Crippen LogP contribution in [0.15, 0.2) is 89.8 Å². The fourth-order valence-corrected chi connectivity index (χ4v) is 5.14. The van der Waals surface area contributed by atoms with Crippen LogP contribution in [0.3, 0.4) is 0 Å². The second-order valence-electron chi connectivity index (χ2n) is 8.58. The highest BCUT2D eigenvalue weighted by Crippen LogP contribution is 2.37. The van der Waals surface area contributed by atoms with Crippen molar-refractivity contribution in [3.8, 4) is 11.5 Å². The summed E-state index contributed by atoms with van der Waals surface area (Å²) in [5, 5.41) is 2.24. The van der Waals surface area contributed by atoms with Crippen molar-refractivity contribution in [3.05, 3.63) is 112 Å². The number of carbonyl (C=O) groups is 2. The first-order chi connectivity index (χ1) is 18.0. The van der Waals surface area contributed by atoms with Gasteiger partial charge in [0.25, 0.3) is 11.1 Å². The molecule has 37 heavy (non-hydrogen) atoms. The van der Waals surface area contributed by atoms with Gasteiger partial charge in [0.1, 0.15) is 24.7 Å². The Morgan fingerprint density at radius 1 is 0.919 bits per heavy atom. The molecule has 2 amide bonds. The molecule has 1 fully saturated rings. The number of imide groups is 1. The van der Waals surface area contributed by atoms with Gasteiger partial charge in [-0.15, -0.1) is 0 Å². The van der Waals surface area contributed by atoms with Crippen molar-refractivity contribution < 1.29 is 19.1 Å². The molecule has 0 saturated carbocycles. The van der Waals surface area contributed by atoms with Crippen molar-refractivity contribution in [1.82, 2.24) is 4.90 Å². The smallest absolute Gasteiger partial charge is 0.293 e. The highest BCUT2D eigenvalue weighted by molar-refractivity contribution is 8.18. The van der Waals surface area contributed by atoms with Gasteiger partial charge in [-0.1, -0.05) is 72.3 Å². The van der Waals surface area contributed by atoms with Gasteiger partial charge in [-0.05, 0) is 65.4 Å². The van der Waals surface area contributed by atoms with E-state index in [1.165, 1.54) is 4.90 Å². The van der Waals surface area contributed by atoms with E-state index in [0.29, 0.717) is 21.4 Å². The second-order valence-corrected chi connectivity index (χ2v) is 9.98. The number of hydrogen-bond donors (Lipinski definition) is 0. The third kappa shape index (κ3) is 5.66. The first-order valence-corrected chi connectivity index (χ1v) is 13.0. The maximum absolute atomic E-state index is 13.2. The third-order valence-corrected chi connectivity index (χ3v) is 7.27. The molecule has 0 atom stereocenters. The van der Waals surface area contributed by atoms with Crippen LogP contribution in [-0.2, 0) is 11.4 Å². The summed E-state index contributed by atoms with van der Waals surface area (Å²) in [6, 6.07) is 26.9. The van der Waals surface area contributed by atoms with Crippen molar-refractivity contribution in [2.24, 2.45) is 0 Å². The topological polar surface area (TPSA) is 55.8 Å². The number of halogens is 1. The van der Waals surface area contributed by atoms with Crippen molar-refractivity contribution in [2.75, 3.05) is 13.2 Å². The molecule has 0 spiro atoms. The first-order valence-electron chi connectivity index (χ1n) is 11.8. The molecule has 0 radical (unpaired) electrons. The predicted molar refractivity (Wildman–Crippen MR) is 149 cm³/mol. The normalized spacial score (nSPS) is 14.5. The lowest BCUT2D eigenvalue weighted by Crippen LogP contribution is -2.32. The molecule has 0 bridgehead atoms. The van der Waals surface area contributed by atoms with E-state index >= 15 is 0 Å². The van der Waals surface area contributed by atoms with Crippen LogP contribution in [0.4, 0.5) is 4.79 Å². The van der Waals surface area contributed by atoms with Gasteiger partial charge in [0.05, 0.1) is 11.4 Å². The Morgan fingerprint density at radius 2 is 1.73 bits per heavy atom. The quantitative estimate of drug-likeness (QED) is 0.221. The lowest BCUT2D eigenvalue weighted by atomic mass is 10.0. The maximum atomic E-state index is 13.2. The Balaban J connectivity index is 1.38. The van der Waals surface area contributed by atoms with E-state index in [4.69, 9.17) is 21.1 Å². The average molecular weight is 530 g/mol. The van der Waals surface area contributed by atoms with Crippen LogP contribution in [-0.4, -0.2) is 29.2 Å². The molecule has 7 heteroatoms. The molecule has 0 unspecified atom stereocenters. The number of carbonyl (C=O) groups excluding carboxylic acids is 2. The zero-order chi connectivity index (χ0) is 25.8. The summed E-state index contributed by atoms with van der Waals surface area (Å²) in [6.07, 6.45) is 1.75. The Kier molecular flexibility index (Phi) is 7.49. The molecule has 0 aromatic heterocycles. The van der Waals surface area contributed by atoms with Crippen LogP contribution < -0.4 is 9.47 Å². The zero-order valence-corrected chi connectivity index (χ0v) is 21.7. The molecule has 0 N–H and O–H groups in total. The Hall–Kier alpha value is -3.74. The van der Waals surface area contributed by atoms with Crippen molar-refractivity contribution in [2.45, 2.75) is 13.5 Å². The number of benzene rings is 4. The predicted octanol–water partition coefficient (Wildman–Crippen LogP) is 7.50. The number of amides is 2. The van der Waals surface area contributed by atoms with Crippen LogP contribution in [0.5, 0.6) is 11.5 Å². The summed E-state index contributed by atoms with van der Waals surface area (Å²) < 4.78 is 11.9. The number of rotatable bonds is 8. The Labute approximate surface area is 224 Å². The Bertz CT molecular complexity index is 1520. The van der Waals surface area contributed by atoms with Gasteiger partial charge in [0, 0.05) is 16.1 Å². The summed E-state index contributed by atoms with van der Waals surface area (Å²) in [6.45, 7) is 2.64. The number of hydrogen-bond acceptors (Lipinski definition) is 5. The van der Waals surface area contributed by atoms with Crippen LogP contribution in [0.25, 0.3) is 16.8 Å². The van der Waals surface area contributed by atoms with Crippen molar-refractivity contribution >= 4 is 51.4 Å². The van der Waals surface area contributed by atoms with E-state index in [1.54, 1.807) is 6.08 Å². The summed E-state index contributed by atoms with van der Waals surface area (Å²) >= 11 is 7.24. The molecular weight excluding hydrogens is 506 g/mol. The van der Waals surface area contributed by atoms with Gasteiger partial charge in [-0.2, -0.15) is 0 Å². The molecule has 1 aliphatic heterocycles. The van der Waals surface area contributed by atoms with Crippen LogP contribution in [0.1, 0.15) is 16.7 Å². The fourth-order valence-electron chi connectivity index (χ4n) is 4.11. The fraction of sp³-hybridized carbons (Fsp3) is 0.133. The van der Waals surface area contributed by atoms with Crippen molar-refractivity contribution in [3.63, 3.8) is 0 Å². The average Bonchev–Trinajstić information content (AvgIpc) is 3.16. The highest BCUT2D eigenvalue weighted by atomic mass is 35.5. The number of aryl methyl sites for hydroxylation is 1. The number of ether oxygens (including phenoxy) is 2. The van der Waals surface area contributed by atoms with Gasteiger partial charge in [0.15, 0.2) is 0 Å². The molecule has 5 rings (SSSR count). The molecule has 1 saturated heterocycles. The van der Waals surface area contributed by atoms with Crippen molar-refractivity contribution in [1.29, 1.82) is 0 Å². The van der Waals surface area contributed by atoms with Crippen LogP contribution in [0.2, 0.25) is 5.02 Å². The zero-order valence-electron chi connectivity index (χ0n) is 20.1. The SMILES string of the molecule is Cc1cccc(OCCN2C(=O)S/C(=C\c3c(OCc4ccccc4Cl)ccc4ccccc34)C2=O)c1. The summed E-state index contributed by atoms with van der Waals surface area (Å²) in [4.78, 5) is 27.5. The molecule has 4 aromatic carbocycles. The number of fused-ring (bicyclic) bond motifs is 1. The summed E-state index contributed by atoms with van der Waals surface area (Å²) in [7, 11) is 0. The van der Waals surface area contributed by atoms with Gasteiger partial charge >= 0.3 is 0 Å². The molecule has 1 aliphatic rings. The van der Waals surface area contributed by atoms with E-state index in [1.807, 2.05) is 91.9 Å². The highest BCUT2D eigenvalue weighted by Gasteiger charge is 2.35. The standard InChI is InChI=1S/C30H24ClNO4S/c1-20-7-6-10-23(17-20)35-16-15-32-29(33)28(37-30(32)34)18-25-24-11-4-2-8-21(24)13-14-27(25)36-19-22-9-3-5-12-26(22)31/h2-14,17-18H,15-16,19H2,1H3/b28-18-. The van der Waals surface area contributed by atoms with Gasteiger partial charge in [-0.3, -0.25) is 14.5 Å². The molecule has 1 heterocycles. The minimum Gasteiger partial charge on any atom is -0.492 e. The third-order valence-electron chi connectivity index (χ3n) is 5.99. The van der Waals surface area contributed by atoms with Gasteiger partial charge < -0.3 is 9.47 Å². The maximum Gasteiger partial charge on any atom is 0.293 e. The minimum absolute atomic E-state index is 0.168. The van der Waals surface area contributed by atoms with E-state index in [0.717, 1.165) is 39.2 Å². The van der Waals surface area contributed by atoms with Gasteiger partial charge in [0.2, 0.25) is 0 Å². The second kappa shape index (κ2) is 11.1. The minimum atomic E-state index is -0.340. The van der Waals surface area contributed by atoms with E-state index in [-0.39, 0.29) is 30.9 Å². The summed E-state index contributed by atoms with van der Waals surface area (Å²) in [5.41, 5.74) is 2.68. The molecule has 5 nitrogen and oxygen atoms in total. The molecule has 0 aliphatic carbocycles. The van der Waals surface area contributed by atoms with E-state index in [2.05, 4.69) is 0 Å². The number of thioether (sulfide) groups is 1. The molecular formula is C30H24ClNO4S. The summed E-state index contributed by atoms with van der Waals surface area (Å²) in [5.74, 6) is 0.972. The lowest BCUT2D eigenvalue weighted by Gasteiger charge is -2.14. The van der Waals surface area contributed by atoms with Crippen LogP contribution >= 0.6 is 23.4 Å². The molecule has 186 valence electrons. The van der Waals surface area contributed by atoms with Crippen LogP contribution in [0, 0.1) is 6.92 Å².